The van der Waals surface area contributed by atoms with Crippen molar-refractivity contribution in [2.75, 3.05) is 6.54 Å². The van der Waals surface area contributed by atoms with Crippen molar-refractivity contribution in [3.63, 3.8) is 0 Å². The summed E-state index contributed by atoms with van der Waals surface area (Å²) in [6.07, 6.45) is 1.47. The van der Waals surface area contributed by atoms with Crippen LogP contribution in [0.3, 0.4) is 0 Å². The van der Waals surface area contributed by atoms with E-state index >= 15 is 0 Å². The Hall–Kier alpha value is -1.26. The molecule has 19 heavy (non-hydrogen) atoms. The van der Waals surface area contributed by atoms with Crippen LogP contribution in [0, 0.1) is 17.8 Å². The molecular weight excluding hydrogens is 244 g/mol. The molecule has 5 nitrogen and oxygen atoms in total. The predicted octanol–water partition coefficient (Wildman–Crippen LogP) is 2.47. The summed E-state index contributed by atoms with van der Waals surface area (Å²) in [7, 11) is 0. The quantitative estimate of drug-likeness (QED) is 0.635. The van der Waals surface area contributed by atoms with E-state index in [-0.39, 0.29) is 18.6 Å². The largest absolute Gasteiger partial charge is 0.481 e. The van der Waals surface area contributed by atoms with Crippen molar-refractivity contribution in [3.05, 3.63) is 0 Å². The first-order valence-corrected chi connectivity index (χ1v) is 6.99. The van der Waals surface area contributed by atoms with Gasteiger partial charge in [0.05, 0.1) is 5.92 Å². The second-order valence-electron chi connectivity index (χ2n) is 6.05. The lowest BCUT2D eigenvalue weighted by Crippen LogP contribution is -2.44. The summed E-state index contributed by atoms with van der Waals surface area (Å²) in [6.45, 7) is 10.3. The molecule has 0 radical (unpaired) electrons. The van der Waals surface area contributed by atoms with Crippen LogP contribution in [0.25, 0.3) is 0 Å². The van der Waals surface area contributed by atoms with Crippen molar-refractivity contribution >= 4 is 12.0 Å². The maximum atomic E-state index is 11.6. The monoisotopic (exact) mass is 272 g/mol. The lowest BCUT2D eigenvalue weighted by molar-refractivity contribution is -0.142. The summed E-state index contributed by atoms with van der Waals surface area (Å²) in [4.78, 5) is 22.7. The molecule has 3 N–H and O–H groups in total. The summed E-state index contributed by atoms with van der Waals surface area (Å²) >= 11 is 0. The van der Waals surface area contributed by atoms with Crippen molar-refractivity contribution < 1.29 is 14.7 Å². The Morgan fingerprint density at radius 2 is 1.53 bits per heavy atom. The van der Waals surface area contributed by atoms with Gasteiger partial charge in [0.15, 0.2) is 0 Å². The second-order valence-corrected chi connectivity index (χ2v) is 6.05. The van der Waals surface area contributed by atoms with Gasteiger partial charge in [-0.25, -0.2) is 4.79 Å². The van der Waals surface area contributed by atoms with E-state index in [9.17, 15) is 9.59 Å². The fourth-order valence-corrected chi connectivity index (χ4v) is 2.10. The number of hydrogen-bond donors (Lipinski definition) is 3. The number of rotatable bonds is 8. The maximum Gasteiger partial charge on any atom is 0.315 e. The lowest BCUT2D eigenvalue weighted by atomic mass is 9.97. The Bertz CT molecular complexity index is 290. The van der Waals surface area contributed by atoms with Gasteiger partial charge in [-0.3, -0.25) is 4.79 Å². The van der Waals surface area contributed by atoms with Crippen LogP contribution in [0.1, 0.15) is 47.5 Å². The average Bonchev–Trinajstić information content (AvgIpc) is 2.21. The van der Waals surface area contributed by atoms with E-state index in [1.807, 2.05) is 20.8 Å². The van der Waals surface area contributed by atoms with Crippen molar-refractivity contribution in [1.29, 1.82) is 0 Å². The summed E-state index contributed by atoms with van der Waals surface area (Å²) in [6, 6.07) is -0.198. The Morgan fingerprint density at radius 1 is 1.00 bits per heavy atom. The van der Waals surface area contributed by atoms with Gasteiger partial charge in [0.1, 0.15) is 0 Å². The number of hydrogen-bond acceptors (Lipinski definition) is 2. The number of amides is 2. The third-order valence-electron chi connectivity index (χ3n) is 2.82. The predicted molar refractivity (Wildman–Crippen MR) is 76.0 cm³/mol. The van der Waals surface area contributed by atoms with Crippen molar-refractivity contribution in [2.45, 2.75) is 53.5 Å². The van der Waals surface area contributed by atoms with Gasteiger partial charge < -0.3 is 15.7 Å². The highest BCUT2D eigenvalue weighted by Crippen LogP contribution is 2.11. The Balaban J connectivity index is 4.08. The summed E-state index contributed by atoms with van der Waals surface area (Å²) in [5.74, 6) is -0.566. The van der Waals surface area contributed by atoms with Crippen LogP contribution >= 0.6 is 0 Å². The SMILES string of the molecule is CC(C)CC(C)NC(=O)NCC(CC(C)C)C(=O)O. The van der Waals surface area contributed by atoms with Gasteiger partial charge in [-0.05, 0) is 31.6 Å². The van der Waals surface area contributed by atoms with Crippen LogP contribution in [0.5, 0.6) is 0 Å². The molecule has 0 aromatic heterocycles. The van der Waals surface area contributed by atoms with E-state index in [4.69, 9.17) is 5.11 Å². The molecule has 2 amide bonds. The second kappa shape index (κ2) is 8.77. The number of carbonyl (C=O) groups excluding carboxylic acids is 1. The van der Waals surface area contributed by atoms with Crippen LogP contribution < -0.4 is 10.6 Å². The van der Waals surface area contributed by atoms with Gasteiger partial charge in [0.25, 0.3) is 0 Å². The third-order valence-corrected chi connectivity index (χ3v) is 2.82. The lowest BCUT2D eigenvalue weighted by Gasteiger charge is -2.19. The number of urea groups is 1. The van der Waals surface area contributed by atoms with Gasteiger partial charge in [-0.15, -0.1) is 0 Å². The smallest absolute Gasteiger partial charge is 0.315 e. The minimum absolute atomic E-state index is 0.0911. The van der Waals surface area contributed by atoms with E-state index in [1.165, 1.54) is 0 Å². The standard InChI is InChI=1S/C14H28N2O3/c1-9(2)6-11(5)16-14(19)15-8-12(13(17)18)7-10(3)4/h9-12H,6-8H2,1-5H3,(H,17,18)(H2,15,16,19). The van der Waals surface area contributed by atoms with Gasteiger partial charge in [0.2, 0.25) is 0 Å². The molecular formula is C14H28N2O3. The molecule has 0 saturated carbocycles. The molecule has 0 bridgehead atoms. The van der Waals surface area contributed by atoms with Crippen molar-refractivity contribution in [3.8, 4) is 0 Å². The molecule has 0 aromatic rings. The molecule has 0 rings (SSSR count). The molecule has 0 aliphatic heterocycles. The first kappa shape index (κ1) is 17.7. The van der Waals surface area contributed by atoms with Crippen molar-refractivity contribution in [2.24, 2.45) is 17.8 Å². The molecule has 2 unspecified atom stereocenters. The minimum Gasteiger partial charge on any atom is -0.481 e. The topological polar surface area (TPSA) is 78.4 Å². The fourth-order valence-electron chi connectivity index (χ4n) is 2.10. The van der Waals surface area contributed by atoms with Gasteiger partial charge >= 0.3 is 12.0 Å². The molecule has 5 heteroatoms. The number of nitrogens with one attached hydrogen (secondary N) is 2. The highest BCUT2D eigenvalue weighted by atomic mass is 16.4. The molecule has 112 valence electrons. The van der Waals surface area contributed by atoms with Crippen LogP contribution in [0.15, 0.2) is 0 Å². The van der Waals surface area contributed by atoms with Gasteiger partial charge in [0, 0.05) is 12.6 Å². The third kappa shape index (κ3) is 9.33. The number of carboxylic acid groups (broad SMARTS) is 1. The number of carboxylic acids is 1. The summed E-state index contributed by atoms with van der Waals surface area (Å²) in [5.41, 5.74) is 0. The molecule has 0 saturated heterocycles. The Morgan fingerprint density at radius 3 is 1.95 bits per heavy atom. The minimum atomic E-state index is -0.857. The number of aliphatic carboxylic acids is 1. The van der Waals surface area contributed by atoms with E-state index in [1.54, 1.807) is 0 Å². The van der Waals surface area contributed by atoms with Crippen LogP contribution in [-0.4, -0.2) is 29.7 Å². The number of carbonyl (C=O) groups is 2. The molecule has 0 aliphatic rings. The zero-order valence-electron chi connectivity index (χ0n) is 12.7. The van der Waals surface area contributed by atoms with E-state index in [0.29, 0.717) is 18.3 Å². The highest BCUT2D eigenvalue weighted by Gasteiger charge is 2.20. The average molecular weight is 272 g/mol. The van der Waals surface area contributed by atoms with Gasteiger partial charge in [-0.1, -0.05) is 27.7 Å². The van der Waals surface area contributed by atoms with Crippen molar-refractivity contribution in [1.82, 2.24) is 10.6 Å². The molecule has 0 fully saturated rings. The highest BCUT2D eigenvalue weighted by molar-refractivity contribution is 5.76. The van der Waals surface area contributed by atoms with Crippen LogP contribution in [0.2, 0.25) is 0 Å². The normalized spacial score (nSPS) is 14.3. The van der Waals surface area contributed by atoms with Crippen LogP contribution in [-0.2, 0) is 4.79 Å². The van der Waals surface area contributed by atoms with E-state index < -0.39 is 11.9 Å². The molecule has 0 aliphatic carbocycles. The summed E-state index contributed by atoms with van der Waals surface area (Å²) in [5, 5.41) is 14.5. The zero-order valence-corrected chi connectivity index (χ0v) is 12.7. The molecule has 0 heterocycles. The van der Waals surface area contributed by atoms with E-state index in [0.717, 1.165) is 6.42 Å². The van der Waals surface area contributed by atoms with E-state index in [2.05, 4.69) is 24.5 Å². The van der Waals surface area contributed by atoms with Gasteiger partial charge in [-0.2, -0.15) is 0 Å². The molecule has 0 aromatic carbocycles. The molecule has 0 spiro atoms. The van der Waals surface area contributed by atoms with Crippen LogP contribution in [0.4, 0.5) is 4.79 Å². The maximum absolute atomic E-state index is 11.6. The first-order valence-electron chi connectivity index (χ1n) is 6.99. The Labute approximate surface area is 116 Å². The molecule has 2 atom stereocenters. The summed E-state index contributed by atoms with van der Waals surface area (Å²) < 4.78 is 0. The fraction of sp³-hybridized carbons (Fsp3) is 0.857. The zero-order chi connectivity index (χ0) is 15.0. The Kier molecular flexibility index (Phi) is 8.19. The first-order chi connectivity index (χ1) is 8.72.